The highest BCUT2D eigenvalue weighted by Gasteiger charge is 2.19. The van der Waals surface area contributed by atoms with Gasteiger partial charge in [-0.25, -0.2) is 0 Å². The lowest BCUT2D eigenvalue weighted by atomic mass is 10.0. The Morgan fingerprint density at radius 3 is 2.37 bits per heavy atom. The molecule has 2 rings (SSSR count). The van der Waals surface area contributed by atoms with Gasteiger partial charge in [0.2, 0.25) is 0 Å². The summed E-state index contributed by atoms with van der Waals surface area (Å²) in [6.45, 7) is 0. The summed E-state index contributed by atoms with van der Waals surface area (Å²) in [5.41, 5.74) is 1.12. The van der Waals surface area contributed by atoms with Crippen molar-refractivity contribution in [3.05, 3.63) is 43.0 Å². The molecule has 19 heavy (non-hydrogen) atoms. The van der Waals surface area contributed by atoms with Gasteiger partial charge in [-0.2, -0.15) is 0 Å². The van der Waals surface area contributed by atoms with Crippen molar-refractivity contribution in [2.24, 2.45) is 0 Å². The van der Waals surface area contributed by atoms with Gasteiger partial charge in [-0.05, 0) is 50.1 Å². The molecule has 0 radical (unpaired) electrons. The van der Waals surface area contributed by atoms with E-state index in [1.54, 1.807) is 31.4 Å². The van der Waals surface area contributed by atoms with E-state index in [4.69, 9.17) is 9.47 Å². The van der Waals surface area contributed by atoms with Crippen molar-refractivity contribution in [3.8, 4) is 11.5 Å². The highest BCUT2D eigenvalue weighted by molar-refractivity contribution is 9.12. The maximum atomic E-state index is 12.5. The van der Waals surface area contributed by atoms with E-state index in [-0.39, 0.29) is 5.78 Å². The van der Waals surface area contributed by atoms with Crippen molar-refractivity contribution in [1.29, 1.82) is 0 Å². The van der Waals surface area contributed by atoms with Gasteiger partial charge in [0.05, 0.1) is 27.4 Å². The summed E-state index contributed by atoms with van der Waals surface area (Å²) in [6, 6.07) is 6.94. The molecule has 1 aromatic carbocycles. The molecule has 0 amide bonds. The molecule has 1 aromatic heterocycles. The summed E-state index contributed by atoms with van der Waals surface area (Å²) >= 11 is 8.22. The monoisotopic (exact) mass is 404 g/mol. The molecular weight excluding hydrogens is 396 g/mol. The Bertz CT molecular complexity index is 622. The number of halogens is 2. The lowest BCUT2D eigenvalue weighted by Crippen LogP contribution is -2.03. The van der Waals surface area contributed by atoms with Gasteiger partial charge in [0.15, 0.2) is 5.78 Å². The second-order valence-electron chi connectivity index (χ2n) is 3.63. The molecule has 0 aliphatic rings. The van der Waals surface area contributed by atoms with Gasteiger partial charge in [-0.1, -0.05) is 0 Å². The molecule has 3 nitrogen and oxygen atoms in total. The standard InChI is InChI=1S/C13H10Br2O3S/c1-17-7-3-4-8(10(5-7)18-2)12(16)9-6-11(14)19-13(9)15/h3-6H,1-2H3. The van der Waals surface area contributed by atoms with Crippen LogP contribution in [0, 0.1) is 0 Å². The number of carbonyl (C=O) groups excluding carboxylic acids is 1. The topological polar surface area (TPSA) is 35.5 Å². The number of hydrogen-bond acceptors (Lipinski definition) is 4. The average Bonchev–Trinajstić information content (AvgIpc) is 2.76. The molecule has 0 spiro atoms. The van der Waals surface area contributed by atoms with E-state index >= 15 is 0 Å². The maximum Gasteiger partial charge on any atom is 0.198 e. The fourth-order valence-corrected chi connectivity index (χ4v) is 4.42. The van der Waals surface area contributed by atoms with Crippen LogP contribution < -0.4 is 9.47 Å². The van der Waals surface area contributed by atoms with Crippen LogP contribution in [0.5, 0.6) is 11.5 Å². The molecule has 0 aliphatic carbocycles. The van der Waals surface area contributed by atoms with E-state index in [1.807, 2.05) is 0 Å². The van der Waals surface area contributed by atoms with E-state index in [1.165, 1.54) is 18.4 Å². The van der Waals surface area contributed by atoms with Crippen molar-refractivity contribution < 1.29 is 14.3 Å². The number of thiophene rings is 1. The molecule has 0 saturated carbocycles. The second kappa shape index (κ2) is 6.07. The van der Waals surface area contributed by atoms with Crippen LogP contribution in [0.4, 0.5) is 0 Å². The average molecular weight is 406 g/mol. The first kappa shape index (κ1) is 14.6. The summed E-state index contributed by atoms with van der Waals surface area (Å²) in [7, 11) is 3.10. The number of ketones is 1. The molecule has 0 unspecified atom stereocenters. The van der Waals surface area contributed by atoms with E-state index in [9.17, 15) is 4.79 Å². The van der Waals surface area contributed by atoms with Gasteiger partial charge in [0.25, 0.3) is 0 Å². The number of ether oxygens (including phenoxy) is 2. The predicted octanol–water partition coefficient (Wildman–Crippen LogP) is 4.52. The van der Waals surface area contributed by atoms with Crippen LogP contribution in [-0.2, 0) is 0 Å². The van der Waals surface area contributed by atoms with Crippen LogP contribution in [0.1, 0.15) is 15.9 Å². The third kappa shape index (κ3) is 3.01. The fourth-order valence-electron chi connectivity index (χ4n) is 1.63. The molecule has 6 heteroatoms. The SMILES string of the molecule is COc1ccc(C(=O)c2cc(Br)sc2Br)c(OC)c1. The van der Waals surface area contributed by atoms with Crippen molar-refractivity contribution in [3.63, 3.8) is 0 Å². The van der Waals surface area contributed by atoms with Crippen LogP contribution in [0.25, 0.3) is 0 Å². The fraction of sp³-hybridized carbons (Fsp3) is 0.154. The number of carbonyl (C=O) groups is 1. The first-order valence-electron chi connectivity index (χ1n) is 5.28. The zero-order chi connectivity index (χ0) is 14.0. The molecule has 0 atom stereocenters. The molecule has 0 N–H and O–H groups in total. The molecule has 0 bridgehead atoms. The number of hydrogen-bond donors (Lipinski definition) is 0. The van der Waals surface area contributed by atoms with Crippen LogP contribution in [0.2, 0.25) is 0 Å². The Morgan fingerprint density at radius 1 is 1.11 bits per heavy atom. The molecule has 2 aromatic rings. The summed E-state index contributed by atoms with van der Waals surface area (Å²) in [5, 5.41) is 0. The molecule has 0 saturated heterocycles. The van der Waals surface area contributed by atoms with Crippen LogP contribution in [0.3, 0.4) is 0 Å². The van der Waals surface area contributed by atoms with Gasteiger partial charge < -0.3 is 9.47 Å². The summed E-state index contributed by atoms with van der Waals surface area (Å²) < 4.78 is 12.1. The molecular formula is C13H10Br2O3S. The highest BCUT2D eigenvalue weighted by Crippen LogP contribution is 2.35. The van der Waals surface area contributed by atoms with E-state index in [2.05, 4.69) is 31.9 Å². The zero-order valence-electron chi connectivity index (χ0n) is 10.2. The molecule has 0 fully saturated rings. The van der Waals surface area contributed by atoms with Gasteiger partial charge in [0.1, 0.15) is 11.5 Å². The largest absolute Gasteiger partial charge is 0.497 e. The Morgan fingerprint density at radius 2 is 1.84 bits per heavy atom. The Hall–Kier alpha value is -0.850. The molecule has 0 aliphatic heterocycles. The van der Waals surface area contributed by atoms with Gasteiger partial charge in [-0.3, -0.25) is 4.79 Å². The van der Waals surface area contributed by atoms with Crippen molar-refractivity contribution in [2.75, 3.05) is 14.2 Å². The predicted molar refractivity (Wildman–Crippen MR) is 82.7 cm³/mol. The van der Waals surface area contributed by atoms with E-state index < -0.39 is 0 Å². The van der Waals surface area contributed by atoms with Crippen LogP contribution in [0.15, 0.2) is 31.8 Å². The van der Waals surface area contributed by atoms with Gasteiger partial charge in [-0.15, -0.1) is 11.3 Å². The van der Waals surface area contributed by atoms with Crippen molar-refractivity contribution in [2.45, 2.75) is 0 Å². The van der Waals surface area contributed by atoms with Crippen molar-refractivity contribution >= 4 is 49.0 Å². The first-order valence-corrected chi connectivity index (χ1v) is 7.68. The maximum absolute atomic E-state index is 12.5. The van der Waals surface area contributed by atoms with Crippen LogP contribution in [-0.4, -0.2) is 20.0 Å². The number of rotatable bonds is 4. The highest BCUT2D eigenvalue weighted by atomic mass is 79.9. The third-order valence-electron chi connectivity index (χ3n) is 2.55. The first-order chi connectivity index (χ1) is 9.06. The number of benzene rings is 1. The molecule has 1 heterocycles. The normalized spacial score (nSPS) is 10.3. The zero-order valence-corrected chi connectivity index (χ0v) is 14.2. The number of methoxy groups -OCH3 is 2. The van der Waals surface area contributed by atoms with Crippen molar-refractivity contribution in [1.82, 2.24) is 0 Å². The smallest absolute Gasteiger partial charge is 0.198 e. The second-order valence-corrected chi connectivity index (χ2v) is 7.38. The van der Waals surface area contributed by atoms with E-state index in [0.717, 1.165) is 7.57 Å². The summed E-state index contributed by atoms with van der Waals surface area (Å²) in [5.74, 6) is 1.06. The Kier molecular flexibility index (Phi) is 4.65. The summed E-state index contributed by atoms with van der Waals surface area (Å²) in [4.78, 5) is 12.5. The van der Waals surface area contributed by atoms with E-state index in [0.29, 0.717) is 22.6 Å². The molecule has 100 valence electrons. The third-order valence-corrected chi connectivity index (χ3v) is 4.89. The minimum atomic E-state index is -0.0895. The van der Waals surface area contributed by atoms with Gasteiger partial charge in [0, 0.05) is 11.6 Å². The minimum Gasteiger partial charge on any atom is -0.497 e. The lowest BCUT2D eigenvalue weighted by molar-refractivity contribution is 0.103. The Balaban J connectivity index is 2.46. The van der Waals surface area contributed by atoms with Crippen LogP contribution >= 0.6 is 43.2 Å². The van der Waals surface area contributed by atoms with Gasteiger partial charge >= 0.3 is 0 Å². The lowest BCUT2D eigenvalue weighted by Gasteiger charge is -2.09. The quantitative estimate of drug-likeness (QED) is 0.701. The summed E-state index contributed by atoms with van der Waals surface area (Å²) in [6.07, 6.45) is 0. The minimum absolute atomic E-state index is 0.0895. The Labute approximate surface area is 131 Å².